The number of hydrogen-bond donors (Lipinski definition) is 2. The van der Waals surface area contributed by atoms with E-state index < -0.39 is 0 Å². The number of nitrogens with one attached hydrogen (secondary N) is 2. The minimum atomic E-state index is 0.103. The van der Waals surface area contributed by atoms with Crippen molar-refractivity contribution in [3.63, 3.8) is 0 Å². The van der Waals surface area contributed by atoms with E-state index in [1.54, 1.807) is 11.3 Å². The number of rotatable bonds is 6. The first-order chi connectivity index (χ1) is 14.3. The highest BCUT2D eigenvalue weighted by molar-refractivity contribution is 7.08. The summed E-state index contributed by atoms with van der Waals surface area (Å²) in [5.74, 6) is 0.103. The first-order valence-electron chi connectivity index (χ1n) is 10.1. The monoisotopic (exact) mass is 408 g/mol. The Bertz CT molecular complexity index is 1010. The van der Waals surface area contributed by atoms with Gasteiger partial charge in [0, 0.05) is 61.1 Å². The number of H-pyrrole nitrogens is 1. The maximum Gasteiger partial charge on any atom is 0.221 e. The van der Waals surface area contributed by atoms with Crippen molar-refractivity contribution >= 4 is 17.2 Å². The second kappa shape index (κ2) is 8.10. The molecule has 2 aromatic heterocycles. The van der Waals surface area contributed by atoms with Crippen LogP contribution in [0.5, 0.6) is 0 Å². The lowest BCUT2D eigenvalue weighted by atomic mass is 10.1. The van der Waals surface area contributed by atoms with Gasteiger partial charge in [-0.2, -0.15) is 16.4 Å². The molecule has 1 fully saturated rings. The number of carbonyl (C=O) groups excluding carboxylic acids is 1. The zero-order valence-electron chi connectivity index (χ0n) is 16.2. The third kappa shape index (κ3) is 3.85. The molecule has 0 saturated carbocycles. The van der Waals surface area contributed by atoms with Gasteiger partial charge in [-0.25, -0.2) is 0 Å². The molecule has 1 saturated heterocycles. The largest absolute Gasteiger partial charge is 0.379 e. The van der Waals surface area contributed by atoms with Crippen molar-refractivity contribution < 1.29 is 9.53 Å². The molecule has 5 rings (SSSR count). The predicted molar refractivity (Wildman–Crippen MR) is 114 cm³/mol. The van der Waals surface area contributed by atoms with Crippen LogP contribution in [0, 0.1) is 0 Å². The Balaban J connectivity index is 1.20. The Morgan fingerprint density at radius 1 is 1.28 bits per heavy atom. The Morgan fingerprint density at radius 2 is 2.17 bits per heavy atom. The van der Waals surface area contributed by atoms with Crippen LogP contribution >= 0.6 is 11.3 Å². The van der Waals surface area contributed by atoms with Crippen molar-refractivity contribution in [1.29, 1.82) is 0 Å². The van der Waals surface area contributed by atoms with E-state index in [4.69, 9.17) is 4.74 Å². The first-order valence-corrected chi connectivity index (χ1v) is 11.0. The van der Waals surface area contributed by atoms with Crippen LogP contribution in [-0.4, -0.2) is 53.9 Å². The van der Waals surface area contributed by atoms with E-state index in [1.807, 2.05) is 0 Å². The lowest BCUT2D eigenvalue weighted by Crippen LogP contribution is -2.38. The summed E-state index contributed by atoms with van der Waals surface area (Å²) in [6.07, 6.45) is 1.41. The highest BCUT2D eigenvalue weighted by Crippen LogP contribution is 2.40. The summed E-state index contributed by atoms with van der Waals surface area (Å²) in [6.45, 7) is 4.73. The summed E-state index contributed by atoms with van der Waals surface area (Å²) in [6, 6.07) is 8.57. The first kappa shape index (κ1) is 18.5. The molecule has 0 radical (unpaired) electrons. The van der Waals surface area contributed by atoms with Crippen molar-refractivity contribution in [2.75, 3.05) is 32.8 Å². The third-order valence-corrected chi connectivity index (χ3v) is 6.40. The number of benzene rings is 1. The molecular formula is C22H24N4O2S. The number of amides is 1. The lowest BCUT2D eigenvalue weighted by Gasteiger charge is -2.26. The van der Waals surface area contributed by atoms with Crippen LogP contribution in [0.4, 0.5) is 0 Å². The van der Waals surface area contributed by atoms with Crippen LogP contribution in [0.3, 0.4) is 0 Å². The number of ether oxygens (including phenoxy) is 1. The summed E-state index contributed by atoms with van der Waals surface area (Å²) in [5, 5.41) is 15.0. The van der Waals surface area contributed by atoms with Crippen molar-refractivity contribution in [1.82, 2.24) is 20.4 Å². The van der Waals surface area contributed by atoms with E-state index >= 15 is 0 Å². The quantitative estimate of drug-likeness (QED) is 0.515. The topological polar surface area (TPSA) is 70.2 Å². The molecule has 29 heavy (non-hydrogen) atoms. The van der Waals surface area contributed by atoms with E-state index in [0.29, 0.717) is 13.0 Å². The smallest absolute Gasteiger partial charge is 0.221 e. The highest BCUT2D eigenvalue weighted by Gasteiger charge is 2.25. The zero-order valence-corrected chi connectivity index (χ0v) is 17.1. The molecule has 0 bridgehead atoms. The second-order valence-corrected chi connectivity index (χ2v) is 8.37. The normalized spacial score (nSPS) is 15.9. The van der Waals surface area contributed by atoms with Crippen molar-refractivity contribution in [3.05, 3.63) is 51.7 Å². The van der Waals surface area contributed by atoms with Crippen LogP contribution in [-0.2, 0) is 22.5 Å². The predicted octanol–water partition coefficient (Wildman–Crippen LogP) is 3.05. The SMILES string of the molecule is O=C(CCN1CCOCC1)NCc1ccc2c(c1)Cc1c(-c3ccsc3)n[nH]c1-2. The van der Waals surface area contributed by atoms with Gasteiger partial charge in [-0.3, -0.25) is 14.8 Å². The maximum absolute atomic E-state index is 12.2. The van der Waals surface area contributed by atoms with Gasteiger partial charge < -0.3 is 10.1 Å². The number of nitrogens with zero attached hydrogens (tertiary/aromatic N) is 2. The van der Waals surface area contributed by atoms with Crippen LogP contribution in [0.25, 0.3) is 22.5 Å². The fourth-order valence-corrected chi connectivity index (χ4v) is 4.75. The molecule has 2 aliphatic rings. The minimum Gasteiger partial charge on any atom is -0.379 e. The molecule has 0 spiro atoms. The average Bonchev–Trinajstić information content (AvgIpc) is 3.48. The number of fused-ring (bicyclic) bond motifs is 3. The lowest BCUT2D eigenvalue weighted by molar-refractivity contribution is -0.121. The van der Waals surface area contributed by atoms with Crippen LogP contribution in [0.2, 0.25) is 0 Å². The number of carbonyl (C=O) groups is 1. The number of morpholine rings is 1. The average molecular weight is 409 g/mol. The molecule has 1 aliphatic carbocycles. The van der Waals surface area contributed by atoms with E-state index in [-0.39, 0.29) is 5.91 Å². The van der Waals surface area contributed by atoms with Gasteiger partial charge in [-0.05, 0) is 22.6 Å². The van der Waals surface area contributed by atoms with E-state index in [1.165, 1.54) is 22.3 Å². The molecular weight excluding hydrogens is 384 g/mol. The second-order valence-electron chi connectivity index (χ2n) is 7.59. The summed E-state index contributed by atoms with van der Waals surface area (Å²) in [5.41, 5.74) is 8.27. The van der Waals surface area contributed by atoms with Gasteiger partial charge in [0.25, 0.3) is 0 Å². The van der Waals surface area contributed by atoms with Crippen molar-refractivity contribution in [2.45, 2.75) is 19.4 Å². The van der Waals surface area contributed by atoms with Crippen molar-refractivity contribution in [3.8, 4) is 22.5 Å². The molecule has 1 aliphatic heterocycles. The molecule has 0 atom stereocenters. The Labute approximate surface area is 173 Å². The summed E-state index contributed by atoms with van der Waals surface area (Å²) in [4.78, 5) is 14.5. The van der Waals surface area contributed by atoms with E-state index in [0.717, 1.165) is 56.2 Å². The van der Waals surface area contributed by atoms with E-state index in [9.17, 15) is 4.79 Å². The van der Waals surface area contributed by atoms with Gasteiger partial charge in [0.05, 0.1) is 24.6 Å². The zero-order chi connectivity index (χ0) is 19.6. The van der Waals surface area contributed by atoms with Gasteiger partial charge in [0.1, 0.15) is 0 Å². The van der Waals surface area contributed by atoms with Crippen LogP contribution in [0.1, 0.15) is 23.1 Å². The summed E-state index contributed by atoms with van der Waals surface area (Å²) in [7, 11) is 0. The molecule has 1 amide bonds. The molecule has 150 valence electrons. The molecule has 1 aromatic carbocycles. The fourth-order valence-electron chi connectivity index (χ4n) is 4.11. The van der Waals surface area contributed by atoms with Gasteiger partial charge in [-0.1, -0.05) is 18.2 Å². The molecule has 0 unspecified atom stereocenters. The van der Waals surface area contributed by atoms with Gasteiger partial charge >= 0.3 is 0 Å². The summed E-state index contributed by atoms with van der Waals surface area (Å²) < 4.78 is 5.35. The highest BCUT2D eigenvalue weighted by atomic mass is 32.1. The van der Waals surface area contributed by atoms with Gasteiger partial charge in [-0.15, -0.1) is 0 Å². The number of aromatic nitrogens is 2. The molecule has 3 heterocycles. The Morgan fingerprint density at radius 3 is 3.00 bits per heavy atom. The van der Waals surface area contributed by atoms with Gasteiger partial charge in [0.15, 0.2) is 0 Å². The standard InChI is InChI=1S/C22H24N4O2S/c27-20(3-5-26-6-8-28-9-7-26)23-13-15-1-2-18-17(11-15)12-19-21(24-25-22(18)19)16-4-10-29-14-16/h1-2,4,10-11,14H,3,5-9,12-13H2,(H,23,27)(H,24,25). The van der Waals surface area contributed by atoms with Crippen LogP contribution in [0.15, 0.2) is 35.0 Å². The Kier molecular flexibility index (Phi) is 5.18. The maximum atomic E-state index is 12.2. The number of aromatic amines is 1. The number of hydrogen-bond acceptors (Lipinski definition) is 5. The van der Waals surface area contributed by atoms with Gasteiger partial charge in [0.2, 0.25) is 5.91 Å². The Hall–Kier alpha value is -2.48. The third-order valence-electron chi connectivity index (χ3n) is 5.72. The van der Waals surface area contributed by atoms with Crippen molar-refractivity contribution in [2.24, 2.45) is 0 Å². The fraction of sp³-hybridized carbons (Fsp3) is 0.364. The summed E-state index contributed by atoms with van der Waals surface area (Å²) >= 11 is 1.69. The molecule has 3 aromatic rings. The van der Waals surface area contributed by atoms with E-state index in [2.05, 4.69) is 55.4 Å². The molecule has 6 nitrogen and oxygen atoms in total. The molecule has 2 N–H and O–H groups in total. The van der Waals surface area contributed by atoms with Crippen LogP contribution < -0.4 is 5.32 Å². The number of thiophene rings is 1. The molecule has 7 heteroatoms. The minimum absolute atomic E-state index is 0.103.